The summed E-state index contributed by atoms with van der Waals surface area (Å²) in [6.07, 6.45) is 4.07. The highest BCUT2D eigenvalue weighted by molar-refractivity contribution is 5.95. The van der Waals surface area contributed by atoms with Gasteiger partial charge >= 0.3 is 0 Å². The van der Waals surface area contributed by atoms with Gasteiger partial charge < -0.3 is 19.7 Å². The van der Waals surface area contributed by atoms with Crippen LogP contribution in [0.25, 0.3) is 0 Å². The van der Waals surface area contributed by atoms with Crippen LogP contribution in [0.4, 0.5) is 0 Å². The van der Waals surface area contributed by atoms with Gasteiger partial charge in [0.25, 0.3) is 5.91 Å². The summed E-state index contributed by atoms with van der Waals surface area (Å²) < 4.78 is 5.76. The number of ether oxygens (including phenoxy) is 1. The minimum Gasteiger partial charge on any atom is -0.392 e. The number of nitrogens with zero attached hydrogens (tertiary/aromatic N) is 1. The molecule has 0 aromatic carbocycles. The van der Waals surface area contributed by atoms with Crippen LogP contribution in [0.5, 0.6) is 0 Å². The van der Waals surface area contributed by atoms with Gasteiger partial charge in [-0.15, -0.1) is 0 Å². The van der Waals surface area contributed by atoms with E-state index in [2.05, 4.69) is 4.98 Å². The van der Waals surface area contributed by atoms with E-state index in [1.165, 1.54) is 0 Å². The Bertz CT molecular complexity index is 515. The lowest BCUT2D eigenvalue weighted by Crippen LogP contribution is -2.62. The molecule has 116 valence electrons. The molecule has 21 heavy (non-hydrogen) atoms. The van der Waals surface area contributed by atoms with Gasteiger partial charge in [-0.3, -0.25) is 4.79 Å². The predicted molar refractivity (Wildman–Crippen MR) is 79.1 cm³/mol. The number of H-pyrrole nitrogens is 1. The second-order valence-electron chi connectivity index (χ2n) is 6.24. The number of amides is 1. The van der Waals surface area contributed by atoms with Crippen molar-refractivity contribution in [2.75, 3.05) is 19.7 Å². The summed E-state index contributed by atoms with van der Waals surface area (Å²) in [5.41, 5.74) is 1.54. The zero-order chi connectivity index (χ0) is 15.0. The highest BCUT2D eigenvalue weighted by atomic mass is 16.5. The van der Waals surface area contributed by atoms with Gasteiger partial charge in [0.1, 0.15) is 0 Å². The van der Waals surface area contributed by atoms with Crippen molar-refractivity contribution in [3.63, 3.8) is 0 Å². The van der Waals surface area contributed by atoms with Crippen LogP contribution < -0.4 is 0 Å². The Hall–Kier alpha value is -1.33. The number of aliphatic hydroxyl groups is 1. The molecule has 0 unspecified atom stereocenters. The van der Waals surface area contributed by atoms with Crippen molar-refractivity contribution in [3.8, 4) is 0 Å². The maximum Gasteiger partial charge on any atom is 0.255 e. The summed E-state index contributed by atoms with van der Waals surface area (Å²) in [7, 11) is 0. The molecule has 1 saturated heterocycles. The number of carbonyl (C=O) groups is 1. The van der Waals surface area contributed by atoms with E-state index in [-0.39, 0.29) is 23.5 Å². The number of hydrogen-bond acceptors (Lipinski definition) is 3. The van der Waals surface area contributed by atoms with Crippen LogP contribution in [0.2, 0.25) is 0 Å². The Morgan fingerprint density at radius 1 is 1.52 bits per heavy atom. The first-order valence-corrected chi connectivity index (χ1v) is 7.81. The van der Waals surface area contributed by atoms with Crippen LogP contribution in [0.1, 0.15) is 42.2 Å². The normalized spacial score (nSPS) is 27.7. The fourth-order valence-corrected chi connectivity index (χ4v) is 3.80. The van der Waals surface area contributed by atoms with Crippen LogP contribution in [-0.2, 0) is 4.74 Å². The van der Waals surface area contributed by atoms with Crippen LogP contribution in [0.15, 0.2) is 12.3 Å². The van der Waals surface area contributed by atoms with Gasteiger partial charge in [-0.25, -0.2) is 0 Å². The van der Waals surface area contributed by atoms with Gasteiger partial charge in [-0.05, 0) is 32.8 Å². The number of aryl methyl sites for hydroxylation is 1. The summed E-state index contributed by atoms with van der Waals surface area (Å²) in [4.78, 5) is 17.4. The second kappa shape index (κ2) is 5.46. The first-order chi connectivity index (χ1) is 10.1. The Balaban J connectivity index is 1.65. The lowest BCUT2D eigenvalue weighted by molar-refractivity contribution is -0.207. The molecule has 1 amide bonds. The van der Waals surface area contributed by atoms with Crippen molar-refractivity contribution in [3.05, 3.63) is 23.5 Å². The summed E-state index contributed by atoms with van der Waals surface area (Å²) in [6, 6.07) is 1.84. The van der Waals surface area contributed by atoms with Gasteiger partial charge in [0.05, 0.1) is 17.8 Å². The highest BCUT2D eigenvalue weighted by Crippen LogP contribution is 2.51. The molecule has 2 aliphatic rings. The van der Waals surface area contributed by atoms with Crippen molar-refractivity contribution in [1.82, 2.24) is 9.88 Å². The highest BCUT2D eigenvalue weighted by Gasteiger charge is 2.56. The lowest BCUT2D eigenvalue weighted by Gasteiger charge is -2.56. The van der Waals surface area contributed by atoms with Crippen molar-refractivity contribution in [2.45, 2.75) is 45.3 Å². The van der Waals surface area contributed by atoms with Crippen LogP contribution in [0.3, 0.4) is 0 Å². The molecule has 5 heteroatoms. The van der Waals surface area contributed by atoms with E-state index < -0.39 is 0 Å². The summed E-state index contributed by atoms with van der Waals surface area (Å²) >= 11 is 0. The van der Waals surface area contributed by atoms with E-state index >= 15 is 0 Å². The molecular formula is C16H24N2O3. The second-order valence-corrected chi connectivity index (χ2v) is 6.24. The third-order valence-electron chi connectivity index (χ3n) is 5.28. The minimum absolute atomic E-state index is 0.0883. The molecule has 2 fully saturated rings. The number of aliphatic hydroxyl groups excluding tert-OH is 1. The molecule has 2 heterocycles. The predicted octanol–water partition coefficient (Wildman–Crippen LogP) is 1.72. The van der Waals surface area contributed by atoms with Crippen LogP contribution in [0, 0.1) is 12.3 Å². The number of nitrogens with one attached hydrogen (secondary N) is 1. The molecule has 3 rings (SSSR count). The van der Waals surface area contributed by atoms with E-state index in [9.17, 15) is 9.90 Å². The topological polar surface area (TPSA) is 65.6 Å². The summed E-state index contributed by atoms with van der Waals surface area (Å²) in [6.45, 7) is 5.99. The number of likely N-dealkylation sites (tertiary alicyclic amines) is 1. The van der Waals surface area contributed by atoms with Gasteiger partial charge in [0.15, 0.2) is 0 Å². The molecule has 1 aliphatic heterocycles. The van der Waals surface area contributed by atoms with Gasteiger partial charge in [0, 0.05) is 43.4 Å². The number of hydrogen-bond donors (Lipinski definition) is 2. The SMILES string of the molecule is CCO[C@H]1C[C@@H](O)C12CCN(C(=O)c1cc[nH]c1C)CC2. The number of aromatic amines is 1. The smallest absolute Gasteiger partial charge is 0.255 e. The fraction of sp³-hybridized carbons (Fsp3) is 0.688. The van der Waals surface area contributed by atoms with Crippen molar-refractivity contribution < 1.29 is 14.6 Å². The fourth-order valence-electron chi connectivity index (χ4n) is 3.80. The first-order valence-electron chi connectivity index (χ1n) is 7.81. The molecular weight excluding hydrogens is 268 g/mol. The molecule has 2 N–H and O–H groups in total. The maximum atomic E-state index is 12.5. The van der Waals surface area contributed by atoms with Crippen molar-refractivity contribution in [2.24, 2.45) is 5.41 Å². The van der Waals surface area contributed by atoms with Crippen LogP contribution >= 0.6 is 0 Å². The Morgan fingerprint density at radius 2 is 2.24 bits per heavy atom. The zero-order valence-electron chi connectivity index (χ0n) is 12.8. The summed E-state index contributed by atoms with van der Waals surface area (Å²) in [5, 5.41) is 10.2. The van der Waals surface area contributed by atoms with Crippen molar-refractivity contribution in [1.29, 1.82) is 0 Å². The summed E-state index contributed by atoms with van der Waals surface area (Å²) in [5.74, 6) is 0.0883. The molecule has 2 atom stereocenters. The third-order valence-corrected chi connectivity index (χ3v) is 5.28. The van der Waals surface area contributed by atoms with Gasteiger partial charge in [-0.1, -0.05) is 0 Å². The Labute approximate surface area is 125 Å². The van der Waals surface area contributed by atoms with Crippen molar-refractivity contribution >= 4 is 5.91 Å². The van der Waals surface area contributed by atoms with E-state index in [1.807, 2.05) is 24.8 Å². The molecule has 1 aromatic rings. The lowest BCUT2D eigenvalue weighted by atomic mass is 9.58. The maximum absolute atomic E-state index is 12.5. The largest absolute Gasteiger partial charge is 0.392 e. The minimum atomic E-state index is -0.278. The molecule has 0 bridgehead atoms. The molecule has 1 saturated carbocycles. The number of piperidine rings is 1. The molecule has 1 spiro atoms. The number of carbonyl (C=O) groups excluding carboxylic acids is 1. The van der Waals surface area contributed by atoms with E-state index in [1.54, 1.807) is 6.20 Å². The molecule has 5 nitrogen and oxygen atoms in total. The number of rotatable bonds is 3. The van der Waals surface area contributed by atoms with Crippen LogP contribution in [-0.4, -0.2) is 52.8 Å². The van der Waals surface area contributed by atoms with E-state index in [0.717, 1.165) is 30.5 Å². The van der Waals surface area contributed by atoms with Gasteiger partial charge in [-0.2, -0.15) is 0 Å². The molecule has 1 aromatic heterocycles. The zero-order valence-corrected chi connectivity index (χ0v) is 12.8. The van der Waals surface area contributed by atoms with Gasteiger partial charge in [0.2, 0.25) is 0 Å². The third kappa shape index (κ3) is 2.28. The molecule has 0 radical (unpaired) electrons. The monoisotopic (exact) mass is 292 g/mol. The average molecular weight is 292 g/mol. The quantitative estimate of drug-likeness (QED) is 0.891. The first kappa shape index (κ1) is 14.6. The Kier molecular flexibility index (Phi) is 3.80. The Morgan fingerprint density at radius 3 is 2.76 bits per heavy atom. The average Bonchev–Trinajstić information content (AvgIpc) is 2.92. The molecule has 1 aliphatic carbocycles. The van der Waals surface area contributed by atoms with E-state index in [4.69, 9.17) is 4.74 Å². The standard InChI is InChI=1S/C16H24N2O3/c1-3-21-14-10-13(19)16(14)5-8-18(9-6-16)15(20)12-4-7-17-11(12)2/h4,7,13-14,17,19H,3,5-6,8-10H2,1-2H3/t13-,14+/m1/s1. The number of aromatic nitrogens is 1. The van der Waals surface area contributed by atoms with E-state index in [0.29, 0.717) is 19.7 Å².